The van der Waals surface area contributed by atoms with Gasteiger partial charge in [0.2, 0.25) is 0 Å². The third-order valence-electron chi connectivity index (χ3n) is 3.98. The summed E-state index contributed by atoms with van der Waals surface area (Å²) in [4.78, 5) is 6.84. The molecule has 1 saturated carbocycles. The minimum Gasteiger partial charge on any atom is -0.370 e. The average Bonchev–Trinajstić information content (AvgIpc) is 3.01. The van der Waals surface area contributed by atoms with Crippen LogP contribution in [0.15, 0.2) is 18.3 Å². The first-order chi connectivity index (χ1) is 8.81. The number of anilines is 2. The first kappa shape index (κ1) is 12.2. The Kier molecular flexibility index (Phi) is 3.64. The molecule has 0 amide bonds. The van der Waals surface area contributed by atoms with Crippen molar-refractivity contribution >= 4 is 24.1 Å². The van der Waals surface area contributed by atoms with E-state index in [1.807, 2.05) is 6.20 Å². The molecule has 1 aromatic rings. The summed E-state index contributed by atoms with van der Waals surface area (Å²) in [6.07, 6.45) is 8.37. The maximum atomic E-state index is 4.55. The third-order valence-corrected chi connectivity index (χ3v) is 4.40. The monoisotopic (exact) mass is 263 g/mol. The van der Waals surface area contributed by atoms with Crippen molar-refractivity contribution in [3.05, 3.63) is 18.3 Å². The van der Waals surface area contributed by atoms with Crippen LogP contribution in [0.25, 0.3) is 0 Å². The van der Waals surface area contributed by atoms with E-state index in [4.69, 9.17) is 0 Å². The molecule has 98 valence electrons. The van der Waals surface area contributed by atoms with Crippen molar-refractivity contribution in [2.75, 3.05) is 23.3 Å². The summed E-state index contributed by atoms with van der Waals surface area (Å²) in [5, 5.41) is 4.08. The number of thiol groups is 1. The molecule has 0 radical (unpaired) electrons. The van der Waals surface area contributed by atoms with Crippen molar-refractivity contribution < 1.29 is 0 Å². The second-order valence-electron chi connectivity index (χ2n) is 5.41. The SMILES string of the molecule is SC1CCN(c2ccnc(NC3CCCC3)c2)C1. The third kappa shape index (κ3) is 2.74. The van der Waals surface area contributed by atoms with Crippen LogP contribution in [-0.2, 0) is 0 Å². The lowest BCUT2D eigenvalue weighted by molar-refractivity contribution is 0.750. The van der Waals surface area contributed by atoms with Gasteiger partial charge in [0.15, 0.2) is 0 Å². The molecule has 4 heteroatoms. The highest BCUT2D eigenvalue weighted by Gasteiger charge is 2.20. The quantitative estimate of drug-likeness (QED) is 0.821. The molecule has 1 unspecified atom stereocenters. The molecule has 1 aliphatic carbocycles. The van der Waals surface area contributed by atoms with Gasteiger partial charge in [-0.1, -0.05) is 12.8 Å². The second-order valence-corrected chi connectivity index (χ2v) is 6.14. The number of aromatic nitrogens is 1. The van der Waals surface area contributed by atoms with Crippen molar-refractivity contribution in [2.45, 2.75) is 43.4 Å². The van der Waals surface area contributed by atoms with Gasteiger partial charge in [-0.3, -0.25) is 0 Å². The van der Waals surface area contributed by atoms with Gasteiger partial charge >= 0.3 is 0 Å². The smallest absolute Gasteiger partial charge is 0.128 e. The van der Waals surface area contributed by atoms with E-state index in [1.54, 1.807) is 0 Å². The van der Waals surface area contributed by atoms with Crippen molar-refractivity contribution in [2.24, 2.45) is 0 Å². The molecule has 2 heterocycles. The second kappa shape index (κ2) is 5.39. The van der Waals surface area contributed by atoms with Crippen LogP contribution in [0.3, 0.4) is 0 Å². The van der Waals surface area contributed by atoms with Gasteiger partial charge in [-0.25, -0.2) is 4.98 Å². The van der Waals surface area contributed by atoms with E-state index in [0.29, 0.717) is 11.3 Å². The van der Waals surface area contributed by atoms with Crippen molar-refractivity contribution in [1.29, 1.82) is 0 Å². The van der Waals surface area contributed by atoms with Crippen LogP contribution in [0.4, 0.5) is 11.5 Å². The average molecular weight is 263 g/mol. The Morgan fingerprint density at radius 3 is 2.83 bits per heavy atom. The molecule has 1 N–H and O–H groups in total. The van der Waals surface area contributed by atoms with Gasteiger partial charge in [-0.15, -0.1) is 0 Å². The van der Waals surface area contributed by atoms with Crippen molar-refractivity contribution in [3.63, 3.8) is 0 Å². The molecule has 1 aromatic heterocycles. The maximum Gasteiger partial charge on any atom is 0.128 e. The van der Waals surface area contributed by atoms with E-state index in [0.717, 1.165) is 18.9 Å². The summed E-state index contributed by atoms with van der Waals surface area (Å²) in [6.45, 7) is 2.16. The molecule has 3 nitrogen and oxygen atoms in total. The highest BCUT2D eigenvalue weighted by molar-refractivity contribution is 7.81. The zero-order valence-electron chi connectivity index (χ0n) is 10.7. The molecule has 0 bridgehead atoms. The van der Waals surface area contributed by atoms with Gasteiger partial charge in [-0.2, -0.15) is 12.6 Å². The fraction of sp³-hybridized carbons (Fsp3) is 0.643. The Morgan fingerprint density at radius 2 is 2.11 bits per heavy atom. The standard InChI is InChI=1S/C14H21N3S/c18-13-6-8-17(10-13)12-5-7-15-14(9-12)16-11-3-1-2-4-11/h5,7,9,11,13,18H,1-4,6,8,10H2,(H,15,16). The number of rotatable bonds is 3. The van der Waals surface area contributed by atoms with Crippen LogP contribution < -0.4 is 10.2 Å². The fourth-order valence-corrected chi connectivity index (χ4v) is 3.26. The molecule has 18 heavy (non-hydrogen) atoms. The van der Waals surface area contributed by atoms with Crippen LogP contribution in [0, 0.1) is 0 Å². The van der Waals surface area contributed by atoms with E-state index < -0.39 is 0 Å². The number of nitrogens with one attached hydrogen (secondary N) is 1. The van der Waals surface area contributed by atoms with E-state index in [1.165, 1.54) is 37.8 Å². The molecule has 0 spiro atoms. The van der Waals surface area contributed by atoms with Gasteiger partial charge in [0.1, 0.15) is 5.82 Å². The lowest BCUT2D eigenvalue weighted by atomic mass is 10.2. The molecular weight excluding hydrogens is 242 g/mol. The first-order valence-electron chi connectivity index (χ1n) is 6.97. The van der Waals surface area contributed by atoms with Gasteiger partial charge in [0, 0.05) is 42.3 Å². The first-order valence-corrected chi connectivity index (χ1v) is 7.48. The Morgan fingerprint density at radius 1 is 1.28 bits per heavy atom. The fourth-order valence-electron chi connectivity index (χ4n) is 2.95. The lowest BCUT2D eigenvalue weighted by Gasteiger charge is -2.19. The van der Waals surface area contributed by atoms with Gasteiger partial charge in [0.25, 0.3) is 0 Å². The van der Waals surface area contributed by atoms with Gasteiger partial charge in [0.05, 0.1) is 0 Å². The van der Waals surface area contributed by atoms with Crippen molar-refractivity contribution in [3.8, 4) is 0 Å². The van der Waals surface area contributed by atoms with Crippen LogP contribution in [0.1, 0.15) is 32.1 Å². The topological polar surface area (TPSA) is 28.2 Å². The predicted octanol–water partition coefficient (Wildman–Crippen LogP) is 2.94. The lowest BCUT2D eigenvalue weighted by Crippen LogP contribution is -2.20. The normalized spacial score (nSPS) is 24.7. The summed E-state index contributed by atoms with van der Waals surface area (Å²) >= 11 is 4.55. The van der Waals surface area contributed by atoms with Crippen molar-refractivity contribution in [1.82, 2.24) is 4.98 Å². The highest BCUT2D eigenvalue weighted by atomic mass is 32.1. The molecule has 2 fully saturated rings. The Hall–Kier alpha value is -0.900. The minimum atomic E-state index is 0.518. The zero-order valence-corrected chi connectivity index (χ0v) is 11.6. The number of nitrogens with zero attached hydrogens (tertiary/aromatic N) is 2. The van der Waals surface area contributed by atoms with Gasteiger partial charge in [-0.05, 0) is 25.3 Å². The zero-order chi connectivity index (χ0) is 12.4. The summed E-state index contributed by atoms with van der Waals surface area (Å²) in [5.41, 5.74) is 1.28. The predicted molar refractivity (Wildman–Crippen MR) is 79.7 cm³/mol. The molecule has 3 rings (SSSR count). The van der Waals surface area contributed by atoms with Crippen LogP contribution in [0.2, 0.25) is 0 Å². The van der Waals surface area contributed by atoms with Crippen LogP contribution >= 0.6 is 12.6 Å². The van der Waals surface area contributed by atoms with E-state index in [2.05, 4.69) is 40.0 Å². The molecule has 1 atom stereocenters. The van der Waals surface area contributed by atoms with Gasteiger partial charge < -0.3 is 10.2 Å². The molecule has 2 aliphatic rings. The largest absolute Gasteiger partial charge is 0.370 e. The Labute approximate surface area is 114 Å². The summed E-state index contributed by atoms with van der Waals surface area (Å²) in [6, 6.07) is 4.92. The Balaban J connectivity index is 1.68. The molecule has 0 aromatic carbocycles. The Bertz CT molecular complexity index is 404. The summed E-state index contributed by atoms with van der Waals surface area (Å²) in [5.74, 6) is 1.03. The highest BCUT2D eigenvalue weighted by Crippen LogP contribution is 2.26. The number of pyridine rings is 1. The molecule has 1 aliphatic heterocycles. The summed E-state index contributed by atoms with van der Waals surface area (Å²) < 4.78 is 0. The van der Waals surface area contributed by atoms with Crippen LogP contribution in [0.5, 0.6) is 0 Å². The molecular formula is C14H21N3S. The maximum absolute atomic E-state index is 4.55. The minimum absolute atomic E-state index is 0.518. The number of hydrogen-bond acceptors (Lipinski definition) is 4. The van der Waals surface area contributed by atoms with E-state index >= 15 is 0 Å². The van der Waals surface area contributed by atoms with E-state index in [9.17, 15) is 0 Å². The summed E-state index contributed by atoms with van der Waals surface area (Å²) in [7, 11) is 0. The number of hydrogen-bond donors (Lipinski definition) is 2. The molecule has 1 saturated heterocycles. The van der Waals surface area contributed by atoms with Crippen LogP contribution in [-0.4, -0.2) is 29.4 Å². The van der Waals surface area contributed by atoms with E-state index in [-0.39, 0.29) is 0 Å².